The van der Waals surface area contributed by atoms with E-state index in [2.05, 4.69) is 30.0 Å². The normalized spacial score (nSPS) is 17.0. The van der Waals surface area contributed by atoms with Gasteiger partial charge in [0, 0.05) is 24.8 Å². The fourth-order valence-electron chi connectivity index (χ4n) is 3.29. The number of aromatic nitrogens is 5. The van der Waals surface area contributed by atoms with Gasteiger partial charge in [-0.2, -0.15) is 5.10 Å². The molecule has 0 bridgehead atoms. The first-order chi connectivity index (χ1) is 12.5. The van der Waals surface area contributed by atoms with Gasteiger partial charge in [0.2, 0.25) is 5.65 Å². The van der Waals surface area contributed by atoms with Crippen LogP contribution in [0.25, 0.3) is 22.4 Å². The fourth-order valence-corrected chi connectivity index (χ4v) is 3.49. The second-order valence-electron chi connectivity index (χ2n) is 6.62. The number of aromatic amines is 1. The molecule has 9 heteroatoms. The van der Waals surface area contributed by atoms with E-state index in [9.17, 15) is 5.11 Å². The molecule has 8 nitrogen and oxygen atoms in total. The highest BCUT2D eigenvalue weighted by Crippen LogP contribution is 2.33. The van der Waals surface area contributed by atoms with Crippen molar-refractivity contribution < 1.29 is 5.11 Å². The van der Waals surface area contributed by atoms with Crippen LogP contribution in [0.5, 0.6) is 0 Å². The van der Waals surface area contributed by atoms with Crippen LogP contribution in [0.2, 0.25) is 5.02 Å². The second-order valence-corrected chi connectivity index (χ2v) is 7.00. The first-order valence-electron chi connectivity index (χ1n) is 8.59. The van der Waals surface area contributed by atoms with E-state index in [1.807, 2.05) is 6.92 Å². The van der Waals surface area contributed by atoms with Gasteiger partial charge in [-0.1, -0.05) is 18.5 Å². The van der Waals surface area contributed by atoms with Crippen LogP contribution in [0.1, 0.15) is 26.2 Å². The molecule has 3 aromatic rings. The van der Waals surface area contributed by atoms with E-state index in [1.54, 1.807) is 18.5 Å². The molecule has 1 aliphatic rings. The first-order valence-corrected chi connectivity index (χ1v) is 8.97. The molecule has 0 saturated carbocycles. The lowest BCUT2D eigenvalue weighted by Crippen LogP contribution is -2.44. The van der Waals surface area contributed by atoms with E-state index in [-0.39, 0.29) is 5.82 Å². The van der Waals surface area contributed by atoms with Gasteiger partial charge >= 0.3 is 0 Å². The number of nitrogens with one attached hydrogen (secondary N) is 1. The molecule has 26 heavy (non-hydrogen) atoms. The average Bonchev–Trinajstić information content (AvgIpc) is 3.07. The fraction of sp³-hybridized carbons (Fsp3) is 0.412. The molecule has 136 valence electrons. The van der Waals surface area contributed by atoms with Crippen LogP contribution in [-0.2, 0) is 0 Å². The lowest BCUT2D eigenvalue weighted by atomic mass is 9.89. The van der Waals surface area contributed by atoms with E-state index < -0.39 is 5.60 Å². The number of hydrogen-bond donors (Lipinski definition) is 3. The molecule has 1 aliphatic heterocycles. The predicted octanol–water partition coefficient (Wildman–Crippen LogP) is 2.39. The summed E-state index contributed by atoms with van der Waals surface area (Å²) in [5.41, 5.74) is 7.72. The molecule has 0 aliphatic carbocycles. The Kier molecular flexibility index (Phi) is 4.16. The van der Waals surface area contributed by atoms with Gasteiger partial charge in [-0.15, -0.1) is 0 Å². The Bertz CT molecular complexity index is 949. The maximum absolute atomic E-state index is 10.4. The molecular formula is C17H20ClN7O. The summed E-state index contributed by atoms with van der Waals surface area (Å²) in [4.78, 5) is 15.3. The third-order valence-electron chi connectivity index (χ3n) is 5.11. The number of nitrogen functional groups attached to an aromatic ring is 1. The minimum absolute atomic E-state index is 0.258. The Labute approximate surface area is 155 Å². The number of H-pyrrole nitrogens is 1. The highest BCUT2D eigenvalue weighted by Gasteiger charge is 2.31. The summed E-state index contributed by atoms with van der Waals surface area (Å²) >= 11 is 6.26. The summed E-state index contributed by atoms with van der Waals surface area (Å²) in [5.74, 6) is 1.02. The molecule has 3 aromatic heterocycles. The van der Waals surface area contributed by atoms with Crippen LogP contribution < -0.4 is 10.6 Å². The van der Waals surface area contributed by atoms with Crippen molar-refractivity contribution in [2.45, 2.75) is 31.8 Å². The third-order valence-corrected chi connectivity index (χ3v) is 5.51. The lowest BCUT2D eigenvalue weighted by Gasteiger charge is -2.38. The van der Waals surface area contributed by atoms with Crippen molar-refractivity contribution in [1.29, 1.82) is 0 Å². The van der Waals surface area contributed by atoms with Crippen LogP contribution in [0.15, 0.2) is 18.5 Å². The topological polar surface area (TPSA) is 117 Å². The molecule has 0 amide bonds. The molecule has 4 rings (SSSR count). The van der Waals surface area contributed by atoms with E-state index in [0.717, 1.165) is 38.2 Å². The number of halogens is 1. The maximum Gasteiger partial charge on any atom is 0.202 e. The number of aliphatic hydroxyl groups is 1. The minimum atomic E-state index is -0.564. The molecule has 1 fully saturated rings. The molecule has 4 heterocycles. The molecule has 1 saturated heterocycles. The zero-order chi connectivity index (χ0) is 18.3. The summed E-state index contributed by atoms with van der Waals surface area (Å²) in [6.45, 7) is 3.51. The van der Waals surface area contributed by atoms with Gasteiger partial charge in [0.25, 0.3) is 0 Å². The first kappa shape index (κ1) is 17.0. The van der Waals surface area contributed by atoms with Gasteiger partial charge in [0.15, 0.2) is 0 Å². The average molecular weight is 374 g/mol. The number of rotatable bonds is 3. The SMILES string of the molecule is CCC1(O)CCN(c2cnc3c(-c4ccnc(N)c4Cl)[nH]nc3n2)CC1. The van der Waals surface area contributed by atoms with E-state index in [0.29, 0.717) is 27.4 Å². The zero-order valence-corrected chi connectivity index (χ0v) is 15.2. The number of piperidine rings is 1. The largest absolute Gasteiger partial charge is 0.390 e. The predicted molar refractivity (Wildman–Crippen MR) is 101 cm³/mol. The van der Waals surface area contributed by atoms with Gasteiger partial charge in [0.1, 0.15) is 17.2 Å². The van der Waals surface area contributed by atoms with Crippen LogP contribution in [0, 0.1) is 0 Å². The Morgan fingerprint density at radius 2 is 2.12 bits per heavy atom. The summed E-state index contributed by atoms with van der Waals surface area (Å²) < 4.78 is 0. The van der Waals surface area contributed by atoms with Crippen molar-refractivity contribution in [2.24, 2.45) is 0 Å². The highest BCUT2D eigenvalue weighted by molar-refractivity contribution is 6.35. The summed E-state index contributed by atoms with van der Waals surface area (Å²) in [5, 5.41) is 18.0. The summed E-state index contributed by atoms with van der Waals surface area (Å²) in [6, 6.07) is 1.76. The Hall–Kier alpha value is -2.45. The van der Waals surface area contributed by atoms with E-state index >= 15 is 0 Å². The zero-order valence-electron chi connectivity index (χ0n) is 14.4. The number of fused-ring (bicyclic) bond motifs is 1. The van der Waals surface area contributed by atoms with Crippen molar-refractivity contribution in [3.05, 3.63) is 23.5 Å². The lowest BCUT2D eigenvalue weighted by molar-refractivity contribution is 0.0125. The standard InChI is InChI=1S/C17H20ClN7O/c1-2-17(26)4-7-25(8-5-17)11-9-21-14-13(23-24-16(14)22-11)10-3-6-20-15(19)12(10)18/h3,6,9,26H,2,4-5,7-8H2,1H3,(H2,19,20)(H,22,23,24). The molecular weight excluding hydrogens is 354 g/mol. The Balaban J connectivity index is 1.65. The van der Waals surface area contributed by atoms with Crippen molar-refractivity contribution in [3.8, 4) is 11.3 Å². The van der Waals surface area contributed by atoms with Gasteiger partial charge in [-0.25, -0.2) is 15.0 Å². The number of anilines is 2. The number of pyridine rings is 1. The van der Waals surface area contributed by atoms with Crippen molar-refractivity contribution in [1.82, 2.24) is 25.1 Å². The van der Waals surface area contributed by atoms with Crippen LogP contribution in [-0.4, -0.2) is 48.9 Å². The molecule has 4 N–H and O–H groups in total. The van der Waals surface area contributed by atoms with Gasteiger partial charge in [-0.3, -0.25) is 5.10 Å². The molecule has 0 unspecified atom stereocenters. The van der Waals surface area contributed by atoms with Crippen LogP contribution in [0.3, 0.4) is 0 Å². The quantitative estimate of drug-likeness (QED) is 0.645. The molecule has 0 radical (unpaired) electrons. The van der Waals surface area contributed by atoms with Crippen molar-refractivity contribution >= 4 is 34.4 Å². The monoisotopic (exact) mass is 373 g/mol. The summed E-state index contributed by atoms with van der Waals surface area (Å²) in [6.07, 6.45) is 5.54. The minimum Gasteiger partial charge on any atom is -0.390 e. The van der Waals surface area contributed by atoms with Crippen molar-refractivity contribution in [3.63, 3.8) is 0 Å². The molecule has 0 spiro atoms. The Morgan fingerprint density at radius 1 is 1.35 bits per heavy atom. The number of nitrogens with two attached hydrogens (primary N) is 1. The van der Waals surface area contributed by atoms with E-state index in [1.165, 1.54) is 0 Å². The van der Waals surface area contributed by atoms with E-state index in [4.69, 9.17) is 17.3 Å². The van der Waals surface area contributed by atoms with Gasteiger partial charge in [-0.05, 0) is 25.3 Å². The second kappa shape index (κ2) is 6.37. The number of hydrogen-bond acceptors (Lipinski definition) is 7. The molecule has 0 aromatic carbocycles. The van der Waals surface area contributed by atoms with Gasteiger partial charge < -0.3 is 15.7 Å². The third kappa shape index (κ3) is 2.85. The molecule has 0 atom stereocenters. The maximum atomic E-state index is 10.4. The smallest absolute Gasteiger partial charge is 0.202 e. The summed E-state index contributed by atoms with van der Waals surface area (Å²) in [7, 11) is 0. The van der Waals surface area contributed by atoms with Gasteiger partial charge in [0.05, 0.1) is 22.5 Å². The van der Waals surface area contributed by atoms with Crippen LogP contribution in [0.4, 0.5) is 11.6 Å². The number of nitrogens with zero attached hydrogens (tertiary/aromatic N) is 5. The van der Waals surface area contributed by atoms with Crippen molar-refractivity contribution in [2.75, 3.05) is 23.7 Å². The highest BCUT2D eigenvalue weighted by atomic mass is 35.5. The van der Waals surface area contributed by atoms with Crippen LogP contribution >= 0.6 is 11.6 Å². The Morgan fingerprint density at radius 3 is 2.85 bits per heavy atom.